The number of carbonyl (C=O) groups excluding carboxylic acids is 1. The van der Waals surface area contributed by atoms with E-state index in [1.807, 2.05) is 6.92 Å². The Morgan fingerprint density at radius 3 is 2.51 bits per heavy atom. The lowest BCUT2D eigenvalue weighted by Gasteiger charge is -2.37. The van der Waals surface area contributed by atoms with E-state index in [4.69, 9.17) is 0 Å². The zero-order valence-corrected chi connectivity index (χ0v) is 20.9. The molecule has 0 bridgehead atoms. The molecule has 2 amide bonds. The number of pyridine rings is 1. The predicted molar refractivity (Wildman–Crippen MR) is 128 cm³/mol. The maximum absolute atomic E-state index is 14.0. The smallest absolute Gasteiger partial charge is 0.331 e. The van der Waals surface area contributed by atoms with Crippen molar-refractivity contribution >= 4 is 21.6 Å². The van der Waals surface area contributed by atoms with Crippen LogP contribution in [-0.4, -0.2) is 47.7 Å². The van der Waals surface area contributed by atoms with Crippen LogP contribution in [0.3, 0.4) is 0 Å². The number of carbonyl (C=O) groups is 1. The van der Waals surface area contributed by atoms with E-state index < -0.39 is 39.9 Å². The van der Waals surface area contributed by atoms with Gasteiger partial charge < -0.3 is 5.32 Å². The van der Waals surface area contributed by atoms with Crippen LogP contribution in [0.1, 0.15) is 43.5 Å². The summed E-state index contributed by atoms with van der Waals surface area (Å²) < 4.78 is 80.9. The van der Waals surface area contributed by atoms with E-state index in [1.54, 1.807) is 0 Å². The first-order chi connectivity index (χ1) is 17.4. The fourth-order valence-electron chi connectivity index (χ4n) is 4.39. The molecule has 3 heterocycles. The quantitative estimate of drug-likeness (QED) is 0.457. The second-order valence-corrected chi connectivity index (χ2v) is 10.9. The van der Waals surface area contributed by atoms with E-state index in [9.17, 15) is 30.8 Å². The summed E-state index contributed by atoms with van der Waals surface area (Å²) in [5.74, 6) is -0.473. The van der Waals surface area contributed by atoms with Gasteiger partial charge in [-0.1, -0.05) is 13.3 Å². The van der Waals surface area contributed by atoms with Crippen molar-refractivity contribution in [2.75, 3.05) is 11.2 Å². The van der Waals surface area contributed by atoms with Crippen molar-refractivity contribution in [3.8, 4) is 5.69 Å². The fourth-order valence-corrected chi connectivity index (χ4v) is 5.00. The number of nitrogens with one attached hydrogen (secondary N) is 1. The number of urea groups is 1. The van der Waals surface area contributed by atoms with Crippen LogP contribution in [0.4, 0.5) is 28.0 Å². The number of halogens is 4. The van der Waals surface area contributed by atoms with Gasteiger partial charge in [0.2, 0.25) is 0 Å². The molecule has 1 N–H and O–H groups in total. The van der Waals surface area contributed by atoms with Crippen LogP contribution in [0.5, 0.6) is 0 Å². The first-order valence-electron chi connectivity index (χ1n) is 11.5. The van der Waals surface area contributed by atoms with Crippen molar-refractivity contribution in [2.45, 2.75) is 55.8 Å². The average molecular weight is 540 g/mol. The largest absolute Gasteiger partial charge is 0.409 e. The maximum Gasteiger partial charge on any atom is 0.409 e. The van der Waals surface area contributed by atoms with Crippen molar-refractivity contribution < 1.29 is 30.8 Å². The zero-order valence-electron chi connectivity index (χ0n) is 20.0. The van der Waals surface area contributed by atoms with Crippen molar-refractivity contribution in [1.29, 1.82) is 0 Å². The normalized spacial score (nSPS) is 16.8. The fraction of sp³-hybridized carbons (Fsp3) is 0.375. The van der Waals surface area contributed by atoms with Crippen LogP contribution >= 0.6 is 0 Å². The third kappa shape index (κ3) is 5.60. The Morgan fingerprint density at radius 2 is 1.89 bits per heavy atom. The van der Waals surface area contributed by atoms with Gasteiger partial charge in [-0.05, 0) is 55.2 Å². The van der Waals surface area contributed by atoms with E-state index in [1.165, 1.54) is 53.6 Å². The van der Waals surface area contributed by atoms with Crippen LogP contribution in [0.15, 0.2) is 53.8 Å². The SMILES string of the molecule is CCCC(NC(=O)N1c2cnn(-c3ccc(F)cc3)c2CCC1C(F)(F)F)c1cncc(S(C)(=O)=O)c1. The van der Waals surface area contributed by atoms with E-state index in [0.717, 1.165) is 6.26 Å². The highest BCUT2D eigenvalue weighted by Crippen LogP contribution is 2.39. The molecular formula is C24H25F4N5O3S. The van der Waals surface area contributed by atoms with Crippen LogP contribution in [0.2, 0.25) is 0 Å². The molecule has 2 aromatic heterocycles. The molecule has 2 atom stereocenters. The third-order valence-electron chi connectivity index (χ3n) is 6.18. The molecule has 8 nitrogen and oxygen atoms in total. The van der Waals surface area contributed by atoms with Gasteiger partial charge in [0.05, 0.1) is 34.2 Å². The zero-order chi connectivity index (χ0) is 27.0. The number of benzene rings is 1. The van der Waals surface area contributed by atoms with Crippen LogP contribution in [-0.2, 0) is 16.3 Å². The number of fused-ring (bicyclic) bond motifs is 1. The Labute approximate surface area is 211 Å². The van der Waals surface area contributed by atoms with E-state index in [2.05, 4.69) is 15.4 Å². The Balaban J connectivity index is 1.71. The van der Waals surface area contributed by atoms with Gasteiger partial charge in [-0.3, -0.25) is 9.88 Å². The minimum absolute atomic E-state index is 0.000615. The number of sulfone groups is 1. The molecule has 1 aliphatic rings. The van der Waals surface area contributed by atoms with Crippen molar-refractivity contribution in [1.82, 2.24) is 20.1 Å². The highest BCUT2D eigenvalue weighted by Gasteiger charge is 2.49. The highest BCUT2D eigenvalue weighted by molar-refractivity contribution is 7.90. The monoisotopic (exact) mass is 539 g/mol. The second-order valence-electron chi connectivity index (χ2n) is 8.85. The first-order valence-corrected chi connectivity index (χ1v) is 13.4. The number of anilines is 1. The molecule has 0 saturated carbocycles. The molecule has 1 aliphatic heterocycles. The summed E-state index contributed by atoms with van der Waals surface area (Å²) in [6.07, 6.45) is 0.566. The summed E-state index contributed by atoms with van der Waals surface area (Å²) >= 11 is 0. The summed E-state index contributed by atoms with van der Waals surface area (Å²) in [7, 11) is -3.59. The topological polar surface area (TPSA) is 97.2 Å². The minimum Gasteiger partial charge on any atom is -0.331 e. The minimum atomic E-state index is -4.70. The molecule has 0 radical (unpaired) electrons. The molecule has 0 spiro atoms. The van der Waals surface area contributed by atoms with Gasteiger partial charge in [0, 0.05) is 18.6 Å². The molecule has 0 saturated heterocycles. The maximum atomic E-state index is 14.0. The number of aromatic nitrogens is 3. The second kappa shape index (κ2) is 10.1. The molecule has 0 aliphatic carbocycles. The summed E-state index contributed by atoms with van der Waals surface area (Å²) in [4.78, 5) is 18.0. The Bertz CT molecular complexity index is 1390. The third-order valence-corrected chi connectivity index (χ3v) is 7.26. The Hall–Kier alpha value is -3.48. The Kier molecular flexibility index (Phi) is 7.27. The van der Waals surface area contributed by atoms with Crippen LogP contribution < -0.4 is 10.2 Å². The number of hydrogen-bond donors (Lipinski definition) is 1. The summed E-state index contributed by atoms with van der Waals surface area (Å²) in [5, 5.41) is 6.84. The molecule has 13 heteroatoms. The number of nitrogens with zero attached hydrogens (tertiary/aromatic N) is 4. The van der Waals surface area contributed by atoms with Crippen molar-refractivity contribution in [3.63, 3.8) is 0 Å². The van der Waals surface area contributed by atoms with Crippen LogP contribution in [0.25, 0.3) is 5.69 Å². The molecule has 0 fully saturated rings. The number of hydrogen-bond acceptors (Lipinski definition) is 5. The summed E-state index contributed by atoms with van der Waals surface area (Å²) in [6, 6.07) is 2.81. The predicted octanol–water partition coefficient (Wildman–Crippen LogP) is 4.74. The number of alkyl halides is 3. The molecular weight excluding hydrogens is 514 g/mol. The number of amides is 2. The van der Waals surface area contributed by atoms with Gasteiger partial charge in [-0.15, -0.1) is 0 Å². The molecule has 2 unspecified atom stereocenters. The highest BCUT2D eigenvalue weighted by atomic mass is 32.2. The lowest BCUT2D eigenvalue weighted by Crippen LogP contribution is -2.55. The van der Waals surface area contributed by atoms with Gasteiger partial charge in [0.25, 0.3) is 0 Å². The van der Waals surface area contributed by atoms with Crippen molar-refractivity contribution in [3.05, 3.63) is 66.0 Å². The van der Waals surface area contributed by atoms with Gasteiger partial charge in [0.15, 0.2) is 9.84 Å². The lowest BCUT2D eigenvalue weighted by molar-refractivity contribution is -0.149. The standard InChI is InChI=1S/C24H25F4N5O3S/c1-3-4-19(15-11-18(13-29-12-15)37(2,35)36)31-23(34)32-21-14-30-33(17-7-5-16(25)6-8-17)20(21)9-10-22(32)24(26,27)28/h5-8,11-14,19,22H,3-4,9-10H2,1-2H3,(H,31,34). The van der Waals surface area contributed by atoms with Gasteiger partial charge in [0.1, 0.15) is 11.9 Å². The molecule has 1 aromatic carbocycles. The van der Waals surface area contributed by atoms with Gasteiger partial charge in [-0.2, -0.15) is 18.3 Å². The van der Waals surface area contributed by atoms with E-state index in [-0.39, 0.29) is 23.4 Å². The van der Waals surface area contributed by atoms with E-state index >= 15 is 0 Å². The lowest BCUT2D eigenvalue weighted by atomic mass is 10.00. The molecule has 198 valence electrons. The Morgan fingerprint density at radius 1 is 1.19 bits per heavy atom. The van der Waals surface area contributed by atoms with Crippen LogP contribution in [0, 0.1) is 5.82 Å². The average Bonchev–Trinajstić information content (AvgIpc) is 3.27. The summed E-state index contributed by atoms with van der Waals surface area (Å²) in [6.45, 7) is 1.83. The van der Waals surface area contributed by atoms with Gasteiger partial charge in [-0.25, -0.2) is 22.3 Å². The van der Waals surface area contributed by atoms with E-state index in [0.29, 0.717) is 34.7 Å². The molecule has 3 aromatic rings. The van der Waals surface area contributed by atoms with Crippen molar-refractivity contribution in [2.24, 2.45) is 0 Å². The first kappa shape index (κ1) is 26.6. The molecule has 37 heavy (non-hydrogen) atoms. The number of rotatable bonds is 6. The van der Waals surface area contributed by atoms with Gasteiger partial charge >= 0.3 is 12.2 Å². The summed E-state index contributed by atoms with van der Waals surface area (Å²) in [5.41, 5.74) is 1.19. The molecule has 4 rings (SSSR count).